The molecule has 1 atom stereocenters. The molecule has 4 nitrogen and oxygen atoms in total. The standard InChI is InChI=1S/C9H16N2O2/c1-8(7-12)9(13)10-11-5-3-2-4-6-11/h7-8H,2-6H2,1H3,(H,10,13). The lowest BCUT2D eigenvalue weighted by Crippen LogP contribution is -2.47. The average molecular weight is 184 g/mol. The van der Waals surface area contributed by atoms with E-state index in [2.05, 4.69) is 5.43 Å². The van der Waals surface area contributed by atoms with Gasteiger partial charge < -0.3 is 4.79 Å². The number of nitrogens with zero attached hydrogens (tertiary/aromatic N) is 1. The Morgan fingerprint density at radius 2 is 2.00 bits per heavy atom. The first-order valence-corrected chi connectivity index (χ1v) is 4.75. The van der Waals surface area contributed by atoms with Crippen LogP contribution in [0.25, 0.3) is 0 Å². The van der Waals surface area contributed by atoms with Crippen LogP contribution >= 0.6 is 0 Å². The van der Waals surface area contributed by atoms with Crippen LogP contribution in [0.4, 0.5) is 0 Å². The number of nitrogens with one attached hydrogen (secondary N) is 1. The Bertz CT molecular complexity index is 188. The van der Waals surface area contributed by atoms with E-state index in [-0.39, 0.29) is 5.91 Å². The first kappa shape index (κ1) is 10.2. The number of rotatable bonds is 3. The maximum absolute atomic E-state index is 11.3. The molecule has 1 unspecified atom stereocenters. The van der Waals surface area contributed by atoms with E-state index in [1.54, 1.807) is 6.92 Å². The lowest BCUT2D eigenvalue weighted by molar-refractivity contribution is -0.132. The van der Waals surface area contributed by atoms with Crippen molar-refractivity contribution in [3.63, 3.8) is 0 Å². The Kier molecular flexibility index (Phi) is 3.89. The van der Waals surface area contributed by atoms with Gasteiger partial charge in [-0.15, -0.1) is 0 Å². The minimum atomic E-state index is -0.540. The summed E-state index contributed by atoms with van der Waals surface area (Å²) in [5.74, 6) is -0.737. The second-order valence-electron chi connectivity index (χ2n) is 3.45. The summed E-state index contributed by atoms with van der Waals surface area (Å²) in [5, 5.41) is 1.89. The van der Waals surface area contributed by atoms with Crippen molar-refractivity contribution in [2.24, 2.45) is 5.92 Å². The molecular weight excluding hydrogens is 168 g/mol. The third-order valence-electron chi connectivity index (χ3n) is 2.24. The Morgan fingerprint density at radius 1 is 1.38 bits per heavy atom. The fourth-order valence-electron chi connectivity index (χ4n) is 1.33. The highest BCUT2D eigenvalue weighted by Gasteiger charge is 2.16. The monoisotopic (exact) mass is 184 g/mol. The van der Waals surface area contributed by atoms with Crippen LogP contribution < -0.4 is 5.43 Å². The molecule has 1 rings (SSSR count). The summed E-state index contributed by atoms with van der Waals surface area (Å²) in [6, 6.07) is 0. The van der Waals surface area contributed by atoms with Crippen molar-refractivity contribution >= 4 is 12.2 Å². The summed E-state index contributed by atoms with van der Waals surface area (Å²) < 4.78 is 0. The molecule has 0 bridgehead atoms. The van der Waals surface area contributed by atoms with Gasteiger partial charge in [0.2, 0.25) is 5.91 Å². The van der Waals surface area contributed by atoms with Gasteiger partial charge in [0.05, 0.1) is 5.92 Å². The summed E-state index contributed by atoms with van der Waals surface area (Å²) in [7, 11) is 0. The van der Waals surface area contributed by atoms with Crippen LogP contribution in [0.5, 0.6) is 0 Å². The van der Waals surface area contributed by atoms with Crippen LogP contribution in [-0.2, 0) is 9.59 Å². The molecule has 1 saturated heterocycles. The summed E-state index contributed by atoms with van der Waals surface area (Å²) in [6.45, 7) is 3.40. The van der Waals surface area contributed by atoms with Crippen LogP contribution in [0.1, 0.15) is 26.2 Å². The van der Waals surface area contributed by atoms with Gasteiger partial charge in [-0.2, -0.15) is 0 Å². The highest BCUT2D eigenvalue weighted by molar-refractivity contribution is 5.90. The topological polar surface area (TPSA) is 49.4 Å². The molecule has 74 valence electrons. The van der Waals surface area contributed by atoms with Crippen LogP contribution in [0.3, 0.4) is 0 Å². The summed E-state index contributed by atoms with van der Waals surface area (Å²) in [5.41, 5.74) is 2.73. The van der Waals surface area contributed by atoms with E-state index in [4.69, 9.17) is 0 Å². The Hall–Kier alpha value is -0.900. The van der Waals surface area contributed by atoms with E-state index in [0.717, 1.165) is 25.9 Å². The zero-order chi connectivity index (χ0) is 9.68. The van der Waals surface area contributed by atoms with Crippen molar-refractivity contribution in [2.45, 2.75) is 26.2 Å². The number of piperidine rings is 1. The molecule has 0 aliphatic carbocycles. The molecular formula is C9H16N2O2. The lowest BCUT2D eigenvalue weighted by Gasteiger charge is -2.27. The van der Waals surface area contributed by atoms with E-state index < -0.39 is 5.92 Å². The van der Waals surface area contributed by atoms with Gasteiger partial charge in [-0.05, 0) is 19.8 Å². The fourth-order valence-corrected chi connectivity index (χ4v) is 1.33. The smallest absolute Gasteiger partial charge is 0.244 e. The molecule has 13 heavy (non-hydrogen) atoms. The van der Waals surface area contributed by atoms with Crippen LogP contribution in [-0.4, -0.2) is 30.3 Å². The molecule has 1 aliphatic heterocycles. The predicted molar refractivity (Wildman–Crippen MR) is 48.8 cm³/mol. The summed E-state index contributed by atoms with van der Waals surface area (Å²) >= 11 is 0. The average Bonchev–Trinajstić information content (AvgIpc) is 2.18. The molecule has 1 amide bonds. The molecule has 1 aliphatic rings. The van der Waals surface area contributed by atoms with Gasteiger partial charge in [-0.3, -0.25) is 10.2 Å². The maximum atomic E-state index is 11.3. The van der Waals surface area contributed by atoms with Gasteiger partial charge in [0.25, 0.3) is 0 Å². The van der Waals surface area contributed by atoms with E-state index >= 15 is 0 Å². The van der Waals surface area contributed by atoms with Crippen molar-refractivity contribution in [1.82, 2.24) is 10.4 Å². The van der Waals surface area contributed by atoms with Gasteiger partial charge in [0.15, 0.2) is 0 Å². The molecule has 1 fully saturated rings. The van der Waals surface area contributed by atoms with E-state index in [9.17, 15) is 9.59 Å². The minimum absolute atomic E-state index is 0.197. The van der Waals surface area contributed by atoms with Crippen molar-refractivity contribution in [2.75, 3.05) is 13.1 Å². The Morgan fingerprint density at radius 3 is 2.54 bits per heavy atom. The van der Waals surface area contributed by atoms with Crippen molar-refractivity contribution in [3.8, 4) is 0 Å². The van der Waals surface area contributed by atoms with Crippen molar-refractivity contribution in [3.05, 3.63) is 0 Å². The first-order valence-electron chi connectivity index (χ1n) is 4.75. The highest BCUT2D eigenvalue weighted by atomic mass is 16.2. The third-order valence-corrected chi connectivity index (χ3v) is 2.24. The van der Waals surface area contributed by atoms with Gasteiger partial charge in [0, 0.05) is 13.1 Å². The van der Waals surface area contributed by atoms with Gasteiger partial charge in [-0.25, -0.2) is 5.01 Å². The molecule has 1 heterocycles. The summed E-state index contributed by atoms with van der Waals surface area (Å²) in [6.07, 6.45) is 4.14. The third kappa shape index (κ3) is 3.14. The van der Waals surface area contributed by atoms with Gasteiger partial charge in [0.1, 0.15) is 6.29 Å². The number of hydrazine groups is 1. The number of aldehydes is 1. The molecule has 0 saturated carbocycles. The van der Waals surface area contributed by atoms with Crippen molar-refractivity contribution < 1.29 is 9.59 Å². The SMILES string of the molecule is CC(C=O)C(=O)NN1CCCCC1. The minimum Gasteiger partial charge on any atom is -0.303 e. The number of carbonyl (C=O) groups excluding carboxylic acids is 2. The highest BCUT2D eigenvalue weighted by Crippen LogP contribution is 2.06. The number of hydrogen-bond acceptors (Lipinski definition) is 3. The zero-order valence-electron chi connectivity index (χ0n) is 7.95. The largest absolute Gasteiger partial charge is 0.303 e. The van der Waals surface area contributed by atoms with E-state index in [1.807, 2.05) is 5.01 Å². The molecule has 0 spiro atoms. The molecule has 1 N–H and O–H groups in total. The lowest BCUT2D eigenvalue weighted by atomic mass is 10.1. The first-order chi connectivity index (χ1) is 6.24. The van der Waals surface area contributed by atoms with Gasteiger partial charge in [-0.1, -0.05) is 6.42 Å². The van der Waals surface area contributed by atoms with E-state index in [1.165, 1.54) is 6.42 Å². The number of carbonyl (C=O) groups is 2. The zero-order valence-corrected chi connectivity index (χ0v) is 7.95. The van der Waals surface area contributed by atoms with Crippen LogP contribution in [0.15, 0.2) is 0 Å². The van der Waals surface area contributed by atoms with Crippen LogP contribution in [0.2, 0.25) is 0 Å². The quantitative estimate of drug-likeness (QED) is 0.508. The number of amides is 1. The molecule has 0 aromatic heterocycles. The van der Waals surface area contributed by atoms with E-state index in [0.29, 0.717) is 6.29 Å². The summed E-state index contributed by atoms with van der Waals surface area (Å²) in [4.78, 5) is 21.6. The number of hydrogen-bond donors (Lipinski definition) is 1. The Balaban J connectivity index is 2.29. The Labute approximate surface area is 78.3 Å². The molecule has 0 aromatic carbocycles. The fraction of sp³-hybridized carbons (Fsp3) is 0.778. The predicted octanol–water partition coefficient (Wildman–Crippen LogP) is 0.338. The van der Waals surface area contributed by atoms with Crippen LogP contribution in [0, 0.1) is 5.92 Å². The molecule has 0 radical (unpaired) electrons. The molecule has 4 heteroatoms. The molecule has 0 aromatic rings. The van der Waals surface area contributed by atoms with Crippen molar-refractivity contribution in [1.29, 1.82) is 0 Å². The van der Waals surface area contributed by atoms with Gasteiger partial charge >= 0.3 is 0 Å². The normalized spacial score (nSPS) is 20.7. The maximum Gasteiger partial charge on any atom is 0.244 e. The second-order valence-corrected chi connectivity index (χ2v) is 3.45. The second kappa shape index (κ2) is 4.97.